The molecule has 2 rings (SSSR count). The molecule has 148 valence electrons. The molecule has 1 aliphatic heterocycles. The van der Waals surface area contributed by atoms with Crippen molar-refractivity contribution in [1.82, 2.24) is 20.4 Å². The van der Waals surface area contributed by atoms with Crippen LogP contribution in [0.25, 0.3) is 0 Å². The number of guanidine groups is 1. The molecular formula is C19H33ClIN5. The molecule has 0 atom stereocenters. The average molecular weight is 494 g/mol. The zero-order chi connectivity index (χ0) is 17.9. The van der Waals surface area contributed by atoms with Crippen molar-refractivity contribution in [3.8, 4) is 0 Å². The highest BCUT2D eigenvalue weighted by Gasteiger charge is 2.11. The summed E-state index contributed by atoms with van der Waals surface area (Å²) in [6.07, 6.45) is 2.39. The predicted octanol–water partition coefficient (Wildman–Crippen LogP) is 3.04. The van der Waals surface area contributed by atoms with E-state index in [4.69, 9.17) is 11.6 Å². The molecule has 1 aromatic carbocycles. The summed E-state index contributed by atoms with van der Waals surface area (Å²) in [5.74, 6) is 0.859. The average Bonchev–Trinajstić information content (AvgIpc) is 2.82. The van der Waals surface area contributed by atoms with Gasteiger partial charge >= 0.3 is 0 Å². The first-order chi connectivity index (χ1) is 12.2. The number of likely N-dealkylation sites (N-methyl/N-ethyl adjacent to an activating group) is 1. The normalized spacial score (nSPS) is 16.7. The third-order valence-corrected chi connectivity index (χ3v) is 4.83. The lowest BCUT2D eigenvalue weighted by atomic mass is 10.2. The predicted molar refractivity (Wildman–Crippen MR) is 123 cm³/mol. The molecule has 5 nitrogen and oxygen atoms in total. The molecule has 0 bridgehead atoms. The lowest BCUT2D eigenvalue weighted by Crippen LogP contribution is -2.39. The first kappa shape index (κ1) is 23.5. The van der Waals surface area contributed by atoms with Gasteiger partial charge in [0.05, 0.1) is 6.54 Å². The molecule has 1 fully saturated rings. The van der Waals surface area contributed by atoms with Crippen molar-refractivity contribution >= 4 is 41.5 Å². The van der Waals surface area contributed by atoms with Gasteiger partial charge in [-0.25, -0.2) is 4.99 Å². The third kappa shape index (κ3) is 8.88. The SMILES string of the molecule is CCNC(=NCc1ccccc1Cl)NCCCN1CCCN(C)CC1.I. The molecule has 7 heteroatoms. The fourth-order valence-corrected chi connectivity index (χ4v) is 3.16. The van der Waals surface area contributed by atoms with Crippen LogP contribution in [0, 0.1) is 0 Å². The fourth-order valence-electron chi connectivity index (χ4n) is 2.97. The number of nitrogens with one attached hydrogen (secondary N) is 2. The summed E-state index contributed by atoms with van der Waals surface area (Å²) in [6.45, 7) is 10.4. The lowest BCUT2D eigenvalue weighted by molar-refractivity contribution is 0.274. The first-order valence-electron chi connectivity index (χ1n) is 9.35. The van der Waals surface area contributed by atoms with Crippen LogP contribution in [0.5, 0.6) is 0 Å². The summed E-state index contributed by atoms with van der Waals surface area (Å²) in [7, 11) is 2.21. The van der Waals surface area contributed by atoms with E-state index >= 15 is 0 Å². The second kappa shape index (κ2) is 13.6. The maximum absolute atomic E-state index is 6.20. The maximum Gasteiger partial charge on any atom is 0.191 e. The molecular weight excluding hydrogens is 461 g/mol. The Bertz CT molecular complexity index is 540. The Morgan fingerprint density at radius 3 is 2.73 bits per heavy atom. The highest BCUT2D eigenvalue weighted by atomic mass is 127. The standard InChI is InChI=1S/C19H32ClN5.HI/c1-3-21-19(23-16-17-8-4-5-9-18(17)20)22-10-6-12-25-13-7-11-24(2)14-15-25;/h4-5,8-9H,3,6-7,10-16H2,1-2H3,(H2,21,22,23);1H. The molecule has 26 heavy (non-hydrogen) atoms. The van der Waals surface area contributed by atoms with Crippen molar-refractivity contribution in [2.24, 2.45) is 4.99 Å². The number of benzene rings is 1. The Morgan fingerprint density at radius 1 is 1.15 bits per heavy atom. The van der Waals surface area contributed by atoms with Crippen LogP contribution >= 0.6 is 35.6 Å². The van der Waals surface area contributed by atoms with E-state index in [2.05, 4.69) is 39.4 Å². The molecule has 0 unspecified atom stereocenters. The van der Waals surface area contributed by atoms with Crippen LogP contribution in [-0.2, 0) is 6.54 Å². The van der Waals surface area contributed by atoms with Gasteiger partial charge in [-0.1, -0.05) is 29.8 Å². The summed E-state index contributed by atoms with van der Waals surface area (Å²) in [4.78, 5) is 9.63. The Labute approximate surface area is 180 Å². The van der Waals surface area contributed by atoms with Gasteiger partial charge < -0.3 is 20.4 Å². The van der Waals surface area contributed by atoms with Gasteiger partial charge in [0.25, 0.3) is 0 Å². The van der Waals surface area contributed by atoms with Crippen molar-refractivity contribution in [2.45, 2.75) is 26.3 Å². The van der Waals surface area contributed by atoms with Crippen molar-refractivity contribution in [3.05, 3.63) is 34.9 Å². The van der Waals surface area contributed by atoms with E-state index in [1.807, 2.05) is 24.3 Å². The van der Waals surface area contributed by atoms with Crippen LogP contribution in [0.3, 0.4) is 0 Å². The number of nitrogens with zero attached hydrogens (tertiary/aromatic N) is 3. The van der Waals surface area contributed by atoms with E-state index in [0.29, 0.717) is 6.54 Å². The van der Waals surface area contributed by atoms with Crippen molar-refractivity contribution in [2.75, 3.05) is 52.9 Å². The molecule has 0 spiro atoms. The Morgan fingerprint density at radius 2 is 1.96 bits per heavy atom. The molecule has 1 aliphatic rings. The van der Waals surface area contributed by atoms with Gasteiger partial charge in [-0.05, 0) is 58.1 Å². The number of hydrogen-bond donors (Lipinski definition) is 2. The van der Waals surface area contributed by atoms with Crippen LogP contribution in [0.15, 0.2) is 29.3 Å². The highest BCUT2D eigenvalue weighted by Crippen LogP contribution is 2.15. The summed E-state index contributed by atoms with van der Waals surface area (Å²) in [5.41, 5.74) is 1.05. The molecule has 0 radical (unpaired) electrons. The zero-order valence-corrected chi connectivity index (χ0v) is 19.1. The minimum absolute atomic E-state index is 0. The van der Waals surface area contributed by atoms with Gasteiger partial charge in [0.1, 0.15) is 0 Å². The molecule has 0 amide bonds. The molecule has 2 N–H and O–H groups in total. The van der Waals surface area contributed by atoms with Crippen LogP contribution in [0.2, 0.25) is 5.02 Å². The van der Waals surface area contributed by atoms with Crippen LogP contribution in [-0.4, -0.2) is 68.6 Å². The Balaban J connectivity index is 0.00000338. The quantitative estimate of drug-likeness (QED) is 0.265. The first-order valence-corrected chi connectivity index (χ1v) is 9.73. The van der Waals surface area contributed by atoms with E-state index in [-0.39, 0.29) is 24.0 Å². The highest BCUT2D eigenvalue weighted by molar-refractivity contribution is 14.0. The molecule has 1 heterocycles. The van der Waals surface area contributed by atoms with Gasteiger partial charge in [0, 0.05) is 31.2 Å². The topological polar surface area (TPSA) is 42.9 Å². The van der Waals surface area contributed by atoms with Gasteiger partial charge in [-0.2, -0.15) is 0 Å². The Kier molecular flexibility index (Phi) is 12.3. The summed E-state index contributed by atoms with van der Waals surface area (Å²) >= 11 is 6.20. The van der Waals surface area contributed by atoms with Crippen molar-refractivity contribution < 1.29 is 0 Å². The van der Waals surface area contributed by atoms with Crippen molar-refractivity contribution in [3.63, 3.8) is 0 Å². The van der Waals surface area contributed by atoms with Crippen LogP contribution < -0.4 is 10.6 Å². The van der Waals surface area contributed by atoms with E-state index in [1.165, 1.54) is 32.6 Å². The van der Waals surface area contributed by atoms with E-state index < -0.39 is 0 Å². The largest absolute Gasteiger partial charge is 0.357 e. The monoisotopic (exact) mass is 493 g/mol. The van der Waals surface area contributed by atoms with E-state index in [9.17, 15) is 0 Å². The third-order valence-electron chi connectivity index (χ3n) is 4.47. The molecule has 1 saturated heterocycles. The van der Waals surface area contributed by atoms with Gasteiger partial charge in [0.15, 0.2) is 5.96 Å². The minimum atomic E-state index is 0. The zero-order valence-electron chi connectivity index (χ0n) is 16.0. The van der Waals surface area contributed by atoms with Gasteiger partial charge in [0.2, 0.25) is 0 Å². The smallest absolute Gasteiger partial charge is 0.191 e. The molecule has 1 aromatic rings. The lowest BCUT2D eigenvalue weighted by Gasteiger charge is -2.20. The summed E-state index contributed by atoms with van der Waals surface area (Å²) in [5, 5.41) is 7.51. The second-order valence-corrected chi connectivity index (χ2v) is 6.97. The number of halogens is 2. The van der Waals surface area contributed by atoms with Crippen LogP contribution in [0.1, 0.15) is 25.3 Å². The molecule has 0 aliphatic carbocycles. The Hall–Kier alpha value is -0.570. The van der Waals surface area contributed by atoms with E-state index in [0.717, 1.165) is 42.6 Å². The van der Waals surface area contributed by atoms with Gasteiger partial charge in [-0.15, -0.1) is 24.0 Å². The molecule has 0 aromatic heterocycles. The van der Waals surface area contributed by atoms with E-state index in [1.54, 1.807) is 0 Å². The fraction of sp³-hybridized carbons (Fsp3) is 0.632. The number of hydrogen-bond acceptors (Lipinski definition) is 3. The second-order valence-electron chi connectivity index (χ2n) is 6.57. The number of aliphatic imine (C=N–C) groups is 1. The number of rotatable bonds is 7. The summed E-state index contributed by atoms with van der Waals surface area (Å²) < 4.78 is 0. The summed E-state index contributed by atoms with van der Waals surface area (Å²) in [6, 6.07) is 7.87. The molecule has 0 saturated carbocycles. The van der Waals surface area contributed by atoms with Gasteiger partial charge in [-0.3, -0.25) is 0 Å². The maximum atomic E-state index is 6.20. The van der Waals surface area contributed by atoms with Crippen LogP contribution in [0.4, 0.5) is 0 Å². The van der Waals surface area contributed by atoms with Crippen molar-refractivity contribution in [1.29, 1.82) is 0 Å². The minimum Gasteiger partial charge on any atom is -0.357 e.